The van der Waals surface area contributed by atoms with Crippen LogP contribution in [0.1, 0.15) is 24.0 Å². The monoisotopic (exact) mass is 474 g/mol. The van der Waals surface area contributed by atoms with Crippen molar-refractivity contribution < 1.29 is 23.8 Å². The van der Waals surface area contributed by atoms with Gasteiger partial charge >= 0.3 is 0 Å². The lowest BCUT2D eigenvalue weighted by molar-refractivity contribution is -0.121. The fourth-order valence-corrected chi connectivity index (χ4v) is 3.78. The number of nitrogens with one attached hydrogen (secondary N) is 1. The minimum Gasteiger partial charge on any atom is -0.493 e. The number of unbranched alkanes of at least 4 members (excludes halogenated alkanes) is 1. The van der Waals surface area contributed by atoms with E-state index in [1.54, 1.807) is 23.1 Å². The summed E-state index contributed by atoms with van der Waals surface area (Å²) in [6, 6.07) is 20.7. The summed E-state index contributed by atoms with van der Waals surface area (Å²) in [6.45, 7) is 5.02. The van der Waals surface area contributed by atoms with Gasteiger partial charge in [0.15, 0.2) is 13.2 Å². The van der Waals surface area contributed by atoms with Crippen LogP contribution in [-0.2, 0) is 9.59 Å². The largest absolute Gasteiger partial charge is 0.493 e. The maximum absolute atomic E-state index is 12.6. The summed E-state index contributed by atoms with van der Waals surface area (Å²) in [5, 5.41) is 2.83. The first-order chi connectivity index (χ1) is 17.0. The molecule has 0 spiro atoms. The molecule has 1 aliphatic heterocycles. The molecule has 4 rings (SSSR count). The Hall–Kier alpha value is -4.00. The van der Waals surface area contributed by atoms with Crippen LogP contribution in [-0.4, -0.2) is 38.2 Å². The molecule has 3 aromatic carbocycles. The molecule has 182 valence electrons. The maximum atomic E-state index is 12.6. The van der Waals surface area contributed by atoms with Crippen LogP contribution in [0.3, 0.4) is 0 Å². The van der Waals surface area contributed by atoms with Crippen molar-refractivity contribution in [2.24, 2.45) is 0 Å². The molecule has 35 heavy (non-hydrogen) atoms. The van der Waals surface area contributed by atoms with E-state index in [2.05, 4.69) is 5.32 Å². The van der Waals surface area contributed by atoms with Crippen molar-refractivity contribution in [3.8, 4) is 17.2 Å². The summed E-state index contributed by atoms with van der Waals surface area (Å²) in [5.41, 5.74) is 3.45. The average molecular weight is 475 g/mol. The van der Waals surface area contributed by atoms with Gasteiger partial charge in [-0.1, -0.05) is 35.9 Å². The number of hydrogen-bond donors (Lipinski definition) is 1. The normalized spacial score (nSPS) is 12.5. The van der Waals surface area contributed by atoms with Crippen LogP contribution in [0.2, 0.25) is 0 Å². The van der Waals surface area contributed by atoms with Crippen molar-refractivity contribution in [1.82, 2.24) is 0 Å². The highest BCUT2D eigenvalue weighted by molar-refractivity contribution is 5.99. The lowest BCUT2D eigenvalue weighted by Gasteiger charge is -2.30. The highest BCUT2D eigenvalue weighted by Gasteiger charge is 2.25. The molecule has 0 bridgehead atoms. The van der Waals surface area contributed by atoms with Gasteiger partial charge in [0.1, 0.15) is 17.2 Å². The van der Waals surface area contributed by atoms with Crippen LogP contribution in [0.25, 0.3) is 0 Å². The fraction of sp³-hybridized carbons (Fsp3) is 0.286. The molecule has 1 N–H and O–H groups in total. The first-order valence-corrected chi connectivity index (χ1v) is 11.7. The zero-order valence-corrected chi connectivity index (χ0v) is 20.1. The van der Waals surface area contributed by atoms with E-state index in [0.29, 0.717) is 36.0 Å². The zero-order chi connectivity index (χ0) is 24.6. The Balaban J connectivity index is 1.31. The number of rotatable bonds is 10. The number of aryl methyl sites for hydroxylation is 2. The number of hydrogen-bond acceptors (Lipinski definition) is 5. The van der Waals surface area contributed by atoms with Crippen molar-refractivity contribution in [3.05, 3.63) is 77.9 Å². The quantitative estimate of drug-likeness (QED) is 0.423. The van der Waals surface area contributed by atoms with Gasteiger partial charge in [0, 0.05) is 12.2 Å². The van der Waals surface area contributed by atoms with Gasteiger partial charge in [0.2, 0.25) is 0 Å². The minimum absolute atomic E-state index is 0.00278. The van der Waals surface area contributed by atoms with Crippen LogP contribution in [0, 0.1) is 13.8 Å². The van der Waals surface area contributed by atoms with E-state index >= 15 is 0 Å². The Morgan fingerprint density at radius 1 is 1.00 bits per heavy atom. The molecule has 7 nitrogen and oxygen atoms in total. The Bertz CT molecular complexity index is 1180. The summed E-state index contributed by atoms with van der Waals surface area (Å²) >= 11 is 0. The Kier molecular flexibility index (Phi) is 7.88. The summed E-state index contributed by atoms with van der Waals surface area (Å²) in [5.74, 6) is 1.74. The number of benzene rings is 3. The van der Waals surface area contributed by atoms with E-state index in [-0.39, 0.29) is 25.0 Å². The number of para-hydroxylation sites is 1. The van der Waals surface area contributed by atoms with Crippen molar-refractivity contribution in [1.29, 1.82) is 0 Å². The third kappa shape index (κ3) is 6.53. The SMILES string of the molecule is Cc1ccc(OCC(=O)Nc2ccc3c(c2)N(CCCCOc2ccccc2C)C(=O)CO3)cc1. The first-order valence-electron chi connectivity index (χ1n) is 11.7. The number of carbonyl (C=O) groups is 2. The second kappa shape index (κ2) is 11.4. The highest BCUT2D eigenvalue weighted by atomic mass is 16.5. The van der Waals surface area contributed by atoms with E-state index < -0.39 is 0 Å². The van der Waals surface area contributed by atoms with Gasteiger partial charge < -0.3 is 24.4 Å². The zero-order valence-electron chi connectivity index (χ0n) is 20.1. The van der Waals surface area contributed by atoms with Crippen molar-refractivity contribution in [2.45, 2.75) is 26.7 Å². The van der Waals surface area contributed by atoms with Gasteiger partial charge in [-0.3, -0.25) is 9.59 Å². The number of fused-ring (bicyclic) bond motifs is 1. The van der Waals surface area contributed by atoms with Crippen LogP contribution < -0.4 is 24.4 Å². The highest BCUT2D eigenvalue weighted by Crippen LogP contribution is 2.34. The summed E-state index contributed by atoms with van der Waals surface area (Å²) in [6.07, 6.45) is 1.58. The molecular weight excluding hydrogens is 444 g/mol. The fourth-order valence-electron chi connectivity index (χ4n) is 3.78. The van der Waals surface area contributed by atoms with E-state index in [0.717, 1.165) is 29.7 Å². The van der Waals surface area contributed by atoms with Gasteiger partial charge in [-0.15, -0.1) is 0 Å². The van der Waals surface area contributed by atoms with E-state index in [1.165, 1.54) is 0 Å². The van der Waals surface area contributed by atoms with Gasteiger partial charge in [-0.25, -0.2) is 0 Å². The molecular formula is C28H30N2O5. The van der Waals surface area contributed by atoms with Gasteiger partial charge in [0.25, 0.3) is 11.8 Å². The Morgan fingerprint density at radius 3 is 2.60 bits per heavy atom. The van der Waals surface area contributed by atoms with Crippen molar-refractivity contribution in [2.75, 3.05) is 36.6 Å². The molecule has 0 unspecified atom stereocenters. The molecule has 0 radical (unpaired) electrons. The molecule has 0 saturated carbocycles. The maximum Gasteiger partial charge on any atom is 0.265 e. The second-order valence-electron chi connectivity index (χ2n) is 8.49. The molecule has 1 heterocycles. The molecule has 0 fully saturated rings. The summed E-state index contributed by atoms with van der Waals surface area (Å²) in [7, 11) is 0. The minimum atomic E-state index is -0.284. The second-order valence-corrected chi connectivity index (χ2v) is 8.49. The molecule has 0 atom stereocenters. The molecule has 0 aromatic heterocycles. The van der Waals surface area contributed by atoms with E-state index in [9.17, 15) is 9.59 Å². The Morgan fingerprint density at radius 2 is 1.80 bits per heavy atom. The molecule has 7 heteroatoms. The molecule has 2 amide bonds. The number of nitrogens with zero attached hydrogens (tertiary/aromatic N) is 1. The smallest absolute Gasteiger partial charge is 0.265 e. The van der Waals surface area contributed by atoms with Gasteiger partial charge in [-0.2, -0.15) is 0 Å². The number of ether oxygens (including phenoxy) is 3. The first kappa shape index (κ1) is 24.1. The summed E-state index contributed by atoms with van der Waals surface area (Å²) in [4.78, 5) is 26.7. The van der Waals surface area contributed by atoms with Crippen LogP contribution >= 0.6 is 0 Å². The van der Waals surface area contributed by atoms with E-state index in [4.69, 9.17) is 14.2 Å². The predicted molar refractivity (Wildman–Crippen MR) is 136 cm³/mol. The third-order valence-corrected chi connectivity index (χ3v) is 5.70. The lowest BCUT2D eigenvalue weighted by Crippen LogP contribution is -2.39. The third-order valence-electron chi connectivity index (χ3n) is 5.70. The van der Waals surface area contributed by atoms with Crippen LogP contribution in [0.4, 0.5) is 11.4 Å². The van der Waals surface area contributed by atoms with Crippen LogP contribution in [0.15, 0.2) is 66.7 Å². The summed E-state index contributed by atoms with van der Waals surface area (Å²) < 4.78 is 17.0. The van der Waals surface area contributed by atoms with Crippen LogP contribution in [0.5, 0.6) is 17.2 Å². The average Bonchev–Trinajstić information content (AvgIpc) is 2.86. The number of anilines is 2. The predicted octanol–water partition coefficient (Wildman–Crippen LogP) is 4.91. The lowest BCUT2D eigenvalue weighted by atomic mass is 10.2. The van der Waals surface area contributed by atoms with Crippen molar-refractivity contribution in [3.63, 3.8) is 0 Å². The Labute approximate surface area is 205 Å². The van der Waals surface area contributed by atoms with E-state index in [1.807, 2.05) is 62.4 Å². The number of carbonyl (C=O) groups excluding carboxylic acids is 2. The number of amides is 2. The standard InChI is InChI=1S/C28H30N2O5/c1-20-9-12-23(13-10-20)34-18-27(31)29-22-11-14-26-24(17-22)30(28(32)19-35-26)15-5-6-16-33-25-8-4-3-7-21(25)2/h3-4,7-14,17H,5-6,15-16,18-19H2,1-2H3,(H,29,31). The molecule has 3 aromatic rings. The van der Waals surface area contributed by atoms with Gasteiger partial charge in [0.05, 0.1) is 12.3 Å². The molecule has 0 aliphatic carbocycles. The van der Waals surface area contributed by atoms with Crippen molar-refractivity contribution >= 4 is 23.2 Å². The molecule has 1 aliphatic rings. The topological polar surface area (TPSA) is 77.1 Å². The molecule has 0 saturated heterocycles. The van der Waals surface area contributed by atoms with Gasteiger partial charge in [-0.05, 0) is 68.7 Å².